The van der Waals surface area contributed by atoms with Crippen LogP contribution < -0.4 is 9.64 Å². The summed E-state index contributed by atoms with van der Waals surface area (Å²) < 4.78 is 30.0. The minimum absolute atomic E-state index is 0.0333. The van der Waals surface area contributed by atoms with Crippen molar-refractivity contribution < 1.29 is 17.9 Å². The quantitative estimate of drug-likeness (QED) is 0.759. The minimum atomic E-state index is -3.23. The van der Waals surface area contributed by atoms with Crippen LogP contribution in [0.2, 0.25) is 5.02 Å². The van der Waals surface area contributed by atoms with Crippen molar-refractivity contribution in [1.29, 1.82) is 0 Å². The van der Waals surface area contributed by atoms with Crippen molar-refractivity contribution in [1.82, 2.24) is 4.90 Å². The number of rotatable bonds is 4. The van der Waals surface area contributed by atoms with Crippen LogP contribution in [0.15, 0.2) is 48.5 Å². The first-order valence-corrected chi connectivity index (χ1v) is 11.2. The van der Waals surface area contributed by atoms with E-state index in [1.165, 1.54) is 0 Å². The Morgan fingerprint density at radius 1 is 1.07 bits per heavy atom. The molecule has 2 aliphatic heterocycles. The Kier molecular flexibility index (Phi) is 5.07. The lowest BCUT2D eigenvalue weighted by Crippen LogP contribution is -2.61. The number of methoxy groups -OCH3 is 1. The van der Waals surface area contributed by atoms with Crippen molar-refractivity contribution in [2.75, 3.05) is 30.1 Å². The lowest BCUT2D eigenvalue weighted by atomic mass is 10.0. The maximum absolute atomic E-state index is 13.0. The number of halogens is 1. The molecule has 0 spiro atoms. The Labute approximate surface area is 169 Å². The van der Waals surface area contributed by atoms with Gasteiger partial charge in [0.1, 0.15) is 5.75 Å². The smallest absolute Gasteiger partial charge is 0.241 e. The number of benzene rings is 2. The van der Waals surface area contributed by atoms with Gasteiger partial charge in [0.05, 0.1) is 31.2 Å². The minimum Gasteiger partial charge on any atom is -0.497 e. The van der Waals surface area contributed by atoms with E-state index < -0.39 is 15.9 Å². The van der Waals surface area contributed by atoms with Crippen LogP contribution in [0.3, 0.4) is 0 Å². The van der Waals surface area contributed by atoms with Crippen LogP contribution in [0.5, 0.6) is 5.75 Å². The Morgan fingerprint density at radius 2 is 1.75 bits per heavy atom. The topological polar surface area (TPSA) is 66.9 Å². The highest BCUT2D eigenvalue weighted by molar-refractivity contribution is 7.91. The summed E-state index contributed by atoms with van der Waals surface area (Å²) in [5.41, 5.74) is 1.58. The Hall–Kier alpha value is -2.09. The van der Waals surface area contributed by atoms with Crippen LogP contribution in [0.25, 0.3) is 0 Å². The molecular formula is C20H21ClN2O4S. The summed E-state index contributed by atoms with van der Waals surface area (Å²) in [5.74, 6) is 0.580. The Balaban J connectivity index is 1.66. The first kappa shape index (κ1) is 19.2. The van der Waals surface area contributed by atoms with Crippen molar-refractivity contribution in [3.8, 4) is 5.75 Å². The third-order valence-corrected chi connectivity index (χ3v) is 7.45. The number of amides is 1. The lowest BCUT2D eigenvalue weighted by molar-refractivity contribution is -0.123. The summed E-state index contributed by atoms with van der Waals surface area (Å²) >= 11 is 6.28. The van der Waals surface area contributed by atoms with Gasteiger partial charge in [-0.1, -0.05) is 29.8 Å². The van der Waals surface area contributed by atoms with Crippen LogP contribution in [0.1, 0.15) is 5.56 Å². The van der Waals surface area contributed by atoms with Crippen molar-refractivity contribution >= 4 is 33.0 Å². The number of fused-ring (bicyclic) bond motifs is 1. The molecule has 148 valence electrons. The van der Waals surface area contributed by atoms with Gasteiger partial charge in [-0.3, -0.25) is 9.69 Å². The third-order valence-electron chi connectivity index (χ3n) is 5.38. The van der Waals surface area contributed by atoms with Crippen molar-refractivity contribution in [2.45, 2.75) is 18.6 Å². The number of hydrogen-bond donors (Lipinski definition) is 0. The molecule has 28 heavy (non-hydrogen) atoms. The van der Waals surface area contributed by atoms with E-state index in [4.69, 9.17) is 16.3 Å². The summed E-state index contributed by atoms with van der Waals surface area (Å²) in [4.78, 5) is 16.6. The zero-order valence-electron chi connectivity index (χ0n) is 15.4. The summed E-state index contributed by atoms with van der Waals surface area (Å²) in [6.45, 7) is 0.590. The summed E-state index contributed by atoms with van der Waals surface area (Å²) in [6.07, 6.45) is 0. The SMILES string of the molecule is COc1ccc(N2C(=O)CN(Cc3ccccc3Cl)C3CS(=O)(=O)CC32)cc1. The monoisotopic (exact) mass is 420 g/mol. The van der Waals surface area contributed by atoms with Gasteiger partial charge in [0.2, 0.25) is 5.91 Å². The van der Waals surface area contributed by atoms with E-state index in [0.29, 0.717) is 23.0 Å². The maximum atomic E-state index is 13.0. The number of carbonyl (C=O) groups is 1. The van der Waals surface area contributed by atoms with Gasteiger partial charge < -0.3 is 9.64 Å². The lowest BCUT2D eigenvalue weighted by Gasteiger charge is -2.43. The van der Waals surface area contributed by atoms with Crippen LogP contribution >= 0.6 is 11.6 Å². The molecule has 6 nitrogen and oxygen atoms in total. The van der Waals surface area contributed by atoms with Gasteiger partial charge in [0.15, 0.2) is 9.84 Å². The van der Waals surface area contributed by atoms with E-state index in [1.54, 1.807) is 42.3 Å². The Bertz CT molecular complexity index is 994. The summed E-state index contributed by atoms with van der Waals surface area (Å²) in [6, 6.07) is 13.9. The third kappa shape index (κ3) is 3.62. The zero-order chi connectivity index (χ0) is 19.9. The molecule has 2 fully saturated rings. The molecule has 2 unspecified atom stereocenters. The second-order valence-electron chi connectivity index (χ2n) is 7.17. The predicted molar refractivity (Wildman–Crippen MR) is 109 cm³/mol. The van der Waals surface area contributed by atoms with E-state index in [0.717, 1.165) is 5.56 Å². The first-order valence-electron chi connectivity index (χ1n) is 9.02. The van der Waals surface area contributed by atoms with Crippen LogP contribution in [0, 0.1) is 0 Å². The van der Waals surface area contributed by atoms with Crippen LogP contribution in [-0.2, 0) is 21.2 Å². The molecule has 8 heteroatoms. The highest BCUT2D eigenvalue weighted by Crippen LogP contribution is 2.33. The molecule has 2 atom stereocenters. The molecule has 2 aromatic rings. The number of nitrogens with zero attached hydrogens (tertiary/aromatic N) is 2. The van der Waals surface area contributed by atoms with E-state index in [-0.39, 0.29) is 30.0 Å². The Morgan fingerprint density at radius 3 is 2.43 bits per heavy atom. The molecule has 2 aliphatic rings. The molecule has 2 saturated heterocycles. The van der Waals surface area contributed by atoms with Gasteiger partial charge >= 0.3 is 0 Å². The fraction of sp³-hybridized carbons (Fsp3) is 0.350. The number of hydrogen-bond acceptors (Lipinski definition) is 5. The summed E-state index contributed by atoms with van der Waals surface area (Å²) in [7, 11) is -1.66. The molecule has 0 radical (unpaired) electrons. The summed E-state index contributed by atoms with van der Waals surface area (Å²) in [5, 5.41) is 0.616. The normalized spacial score (nSPS) is 24.2. The number of piperazine rings is 1. The van der Waals surface area contributed by atoms with Crippen LogP contribution in [-0.4, -0.2) is 56.5 Å². The van der Waals surface area contributed by atoms with Gasteiger partial charge in [-0.2, -0.15) is 0 Å². The van der Waals surface area contributed by atoms with E-state index in [2.05, 4.69) is 0 Å². The predicted octanol–water partition coefficient (Wildman–Crippen LogP) is 2.36. The molecule has 2 aromatic carbocycles. The zero-order valence-corrected chi connectivity index (χ0v) is 17.0. The number of sulfone groups is 1. The average Bonchev–Trinajstić information content (AvgIpc) is 2.99. The fourth-order valence-corrected chi connectivity index (χ4v) is 6.23. The number of anilines is 1. The molecule has 0 N–H and O–H groups in total. The van der Waals surface area contributed by atoms with Gasteiger partial charge in [-0.05, 0) is 35.9 Å². The molecule has 4 rings (SSSR count). The fourth-order valence-electron chi connectivity index (χ4n) is 4.05. The highest BCUT2D eigenvalue weighted by atomic mass is 35.5. The molecule has 0 bridgehead atoms. The molecule has 0 aromatic heterocycles. The first-order chi connectivity index (χ1) is 13.4. The molecular weight excluding hydrogens is 400 g/mol. The number of ether oxygens (including phenoxy) is 1. The van der Waals surface area contributed by atoms with Crippen LogP contribution in [0.4, 0.5) is 5.69 Å². The second kappa shape index (κ2) is 7.39. The average molecular weight is 421 g/mol. The molecule has 0 saturated carbocycles. The standard InChI is InChI=1S/C20H21ClN2O4S/c1-27-16-8-6-15(7-9-16)23-19-13-28(25,26)12-18(19)22(11-20(23)24)10-14-4-2-3-5-17(14)21/h2-9,18-19H,10-13H2,1H3. The number of carbonyl (C=O) groups excluding carboxylic acids is 1. The highest BCUT2D eigenvalue weighted by Gasteiger charge is 2.49. The van der Waals surface area contributed by atoms with Crippen molar-refractivity contribution in [3.05, 3.63) is 59.1 Å². The van der Waals surface area contributed by atoms with E-state index in [1.807, 2.05) is 23.1 Å². The van der Waals surface area contributed by atoms with Gasteiger partial charge in [0, 0.05) is 23.3 Å². The van der Waals surface area contributed by atoms with E-state index in [9.17, 15) is 13.2 Å². The molecule has 1 amide bonds. The van der Waals surface area contributed by atoms with E-state index >= 15 is 0 Å². The molecule has 0 aliphatic carbocycles. The maximum Gasteiger partial charge on any atom is 0.241 e. The second-order valence-corrected chi connectivity index (χ2v) is 9.73. The van der Waals surface area contributed by atoms with Crippen molar-refractivity contribution in [2.24, 2.45) is 0 Å². The van der Waals surface area contributed by atoms with Gasteiger partial charge in [-0.15, -0.1) is 0 Å². The largest absolute Gasteiger partial charge is 0.497 e. The van der Waals surface area contributed by atoms with Crippen molar-refractivity contribution in [3.63, 3.8) is 0 Å². The molecule has 2 heterocycles. The van der Waals surface area contributed by atoms with Gasteiger partial charge in [0.25, 0.3) is 0 Å². The van der Waals surface area contributed by atoms with Gasteiger partial charge in [-0.25, -0.2) is 8.42 Å².